The molecule has 0 unspecified atom stereocenters. The lowest BCUT2D eigenvalue weighted by Gasteiger charge is -2.23. The average molecular weight is 439 g/mol. The van der Waals surface area contributed by atoms with E-state index in [0.717, 1.165) is 61.3 Å². The smallest absolute Gasteiger partial charge is 0.146 e. The van der Waals surface area contributed by atoms with Gasteiger partial charge in [-0.25, -0.2) is 4.98 Å². The van der Waals surface area contributed by atoms with E-state index in [0.29, 0.717) is 17.3 Å². The highest BCUT2D eigenvalue weighted by Crippen LogP contribution is 2.41. The van der Waals surface area contributed by atoms with Crippen molar-refractivity contribution >= 4 is 11.0 Å². The van der Waals surface area contributed by atoms with E-state index in [4.69, 9.17) is 9.72 Å². The first kappa shape index (κ1) is 20.4. The molecule has 33 heavy (non-hydrogen) atoms. The Morgan fingerprint density at radius 2 is 1.45 bits per heavy atom. The Balaban J connectivity index is 1.61. The number of nitrogens with zero attached hydrogens (tertiary/aromatic N) is 3. The molecule has 1 N–H and O–H groups in total. The number of benzene rings is 2. The van der Waals surface area contributed by atoms with Crippen molar-refractivity contribution in [1.29, 1.82) is 5.41 Å². The van der Waals surface area contributed by atoms with Crippen LogP contribution in [0.3, 0.4) is 0 Å². The molecular weight excluding hydrogens is 408 g/mol. The number of nitrogens with one attached hydrogen (secondary N) is 1. The van der Waals surface area contributed by atoms with E-state index in [1.807, 2.05) is 6.33 Å². The summed E-state index contributed by atoms with van der Waals surface area (Å²) < 4.78 is 10.00. The molecule has 2 aromatic heterocycles. The van der Waals surface area contributed by atoms with Gasteiger partial charge in [-0.1, -0.05) is 60.7 Å². The minimum atomic E-state index is 0.536. The zero-order chi connectivity index (χ0) is 22.2. The first-order valence-electron chi connectivity index (χ1n) is 12.1. The van der Waals surface area contributed by atoms with Crippen LogP contribution in [-0.2, 0) is 17.8 Å². The van der Waals surface area contributed by atoms with Crippen molar-refractivity contribution < 1.29 is 4.74 Å². The van der Waals surface area contributed by atoms with Gasteiger partial charge in [0.05, 0.1) is 17.4 Å². The van der Waals surface area contributed by atoms with Crippen LogP contribution in [0.4, 0.5) is 0 Å². The number of fused-ring (bicyclic) bond motifs is 1. The third kappa shape index (κ3) is 3.91. The lowest BCUT2D eigenvalue weighted by atomic mass is 9.98. The Labute approximate surface area is 194 Å². The number of rotatable bonds is 6. The van der Waals surface area contributed by atoms with Gasteiger partial charge < -0.3 is 13.9 Å². The predicted octanol–water partition coefficient (Wildman–Crippen LogP) is 5.49. The highest BCUT2D eigenvalue weighted by Gasteiger charge is 2.28. The molecule has 5 heteroatoms. The summed E-state index contributed by atoms with van der Waals surface area (Å²) in [7, 11) is 0. The predicted molar refractivity (Wildman–Crippen MR) is 131 cm³/mol. The van der Waals surface area contributed by atoms with Gasteiger partial charge >= 0.3 is 0 Å². The molecule has 0 bridgehead atoms. The Bertz CT molecular complexity index is 1310. The van der Waals surface area contributed by atoms with Gasteiger partial charge in [0, 0.05) is 31.9 Å². The fourth-order valence-corrected chi connectivity index (χ4v) is 5.15. The molecule has 1 saturated carbocycles. The zero-order valence-corrected chi connectivity index (χ0v) is 18.9. The second-order valence-corrected chi connectivity index (χ2v) is 9.51. The van der Waals surface area contributed by atoms with E-state index in [1.54, 1.807) is 0 Å². The third-order valence-corrected chi connectivity index (χ3v) is 7.12. The van der Waals surface area contributed by atoms with Crippen molar-refractivity contribution in [3.63, 3.8) is 0 Å². The first-order chi connectivity index (χ1) is 16.3. The summed E-state index contributed by atoms with van der Waals surface area (Å²) in [5.74, 6) is 1.24. The monoisotopic (exact) mass is 438 g/mol. The third-order valence-electron chi connectivity index (χ3n) is 7.12. The normalized spacial score (nSPS) is 17.0. The summed E-state index contributed by atoms with van der Waals surface area (Å²) >= 11 is 0. The maximum absolute atomic E-state index is 9.30. The summed E-state index contributed by atoms with van der Waals surface area (Å²) in [6, 6.07) is 21.2. The van der Waals surface area contributed by atoms with Gasteiger partial charge in [0.1, 0.15) is 11.1 Å². The second-order valence-electron chi connectivity index (χ2n) is 9.51. The SMILES string of the molecule is N=c1c2c(-c3ccccc3)c(-c3ccccc3)n(CC3CC3)c2ncn1CC1CCOCC1. The van der Waals surface area contributed by atoms with Crippen molar-refractivity contribution in [2.75, 3.05) is 13.2 Å². The van der Waals surface area contributed by atoms with Crippen LogP contribution in [-0.4, -0.2) is 27.3 Å². The molecule has 0 radical (unpaired) electrons. The van der Waals surface area contributed by atoms with Crippen LogP contribution < -0.4 is 5.49 Å². The van der Waals surface area contributed by atoms with Gasteiger partial charge in [-0.15, -0.1) is 0 Å². The van der Waals surface area contributed by atoms with Crippen LogP contribution in [0, 0.1) is 17.2 Å². The van der Waals surface area contributed by atoms with Crippen molar-refractivity contribution in [2.45, 2.75) is 38.8 Å². The summed E-state index contributed by atoms with van der Waals surface area (Å²) in [5, 5.41) is 10.3. The summed E-state index contributed by atoms with van der Waals surface area (Å²) in [5.41, 5.74) is 6.16. The molecule has 0 amide bonds. The standard InChI is InChI=1S/C28H30N4O/c29-27-25-24(22-7-3-1-4-8-22)26(23-9-5-2-6-10-23)32(18-20-11-12-20)28(25)30-19-31(27)17-21-13-15-33-16-14-21/h1-10,19-21,29H,11-18H2. The highest BCUT2D eigenvalue weighted by atomic mass is 16.5. The van der Waals surface area contributed by atoms with Gasteiger partial charge in [-0.3, -0.25) is 5.41 Å². The van der Waals surface area contributed by atoms with Gasteiger partial charge in [0.2, 0.25) is 0 Å². The molecule has 4 aromatic rings. The first-order valence-corrected chi connectivity index (χ1v) is 12.1. The van der Waals surface area contributed by atoms with Crippen LogP contribution in [0.25, 0.3) is 33.4 Å². The fraction of sp³-hybridized carbons (Fsp3) is 0.357. The van der Waals surface area contributed by atoms with Crippen LogP contribution in [0.2, 0.25) is 0 Å². The molecule has 0 spiro atoms. The average Bonchev–Trinajstić information content (AvgIpc) is 3.63. The van der Waals surface area contributed by atoms with Gasteiger partial charge in [0.25, 0.3) is 0 Å². The van der Waals surface area contributed by atoms with E-state index in [9.17, 15) is 5.41 Å². The van der Waals surface area contributed by atoms with E-state index >= 15 is 0 Å². The molecule has 1 saturated heterocycles. The van der Waals surface area contributed by atoms with Gasteiger partial charge in [-0.05, 0) is 48.6 Å². The summed E-state index contributed by atoms with van der Waals surface area (Å²) in [6.45, 7) is 3.43. The minimum Gasteiger partial charge on any atom is -0.381 e. The van der Waals surface area contributed by atoms with Crippen LogP contribution >= 0.6 is 0 Å². The van der Waals surface area contributed by atoms with Crippen LogP contribution in [0.15, 0.2) is 67.0 Å². The molecule has 168 valence electrons. The fourth-order valence-electron chi connectivity index (χ4n) is 5.15. The van der Waals surface area contributed by atoms with Crippen molar-refractivity contribution in [1.82, 2.24) is 14.1 Å². The molecule has 1 aliphatic heterocycles. The number of aromatic nitrogens is 3. The van der Waals surface area contributed by atoms with Crippen molar-refractivity contribution in [2.24, 2.45) is 11.8 Å². The molecule has 2 fully saturated rings. The lowest BCUT2D eigenvalue weighted by molar-refractivity contribution is 0.0608. The summed E-state index contributed by atoms with van der Waals surface area (Å²) in [4.78, 5) is 5.00. The Morgan fingerprint density at radius 3 is 2.12 bits per heavy atom. The maximum atomic E-state index is 9.30. The second kappa shape index (κ2) is 8.64. The molecule has 3 heterocycles. The topological polar surface area (TPSA) is 55.8 Å². The zero-order valence-electron chi connectivity index (χ0n) is 18.9. The molecule has 5 nitrogen and oxygen atoms in total. The Morgan fingerprint density at radius 1 is 0.818 bits per heavy atom. The Hall–Kier alpha value is -3.18. The van der Waals surface area contributed by atoms with E-state index in [-0.39, 0.29) is 0 Å². The van der Waals surface area contributed by atoms with E-state index < -0.39 is 0 Å². The van der Waals surface area contributed by atoms with Crippen LogP contribution in [0.5, 0.6) is 0 Å². The van der Waals surface area contributed by atoms with E-state index in [2.05, 4.69) is 69.8 Å². The molecule has 6 rings (SSSR count). The lowest BCUT2D eigenvalue weighted by Crippen LogP contribution is -2.28. The molecule has 0 atom stereocenters. The minimum absolute atomic E-state index is 0.536. The quantitative estimate of drug-likeness (QED) is 0.433. The molecule has 1 aliphatic carbocycles. The molecule has 2 aliphatic rings. The van der Waals surface area contributed by atoms with Gasteiger partial charge in [0.15, 0.2) is 0 Å². The van der Waals surface area contributed by atoms with Crippen molar-refractivity contribution in [3.8, 4) is 22.4 Å². The summed E-state index contributed by atoms with van der Waals surface area (Å²) in [6.07, 6.45) is 6.55. The van der Waals surface area contributed by atoms with Gasteiger partial charge in [-0.2, -0.15) is 0 Å². The van der Waals surface area contributed by atoms with Crippen LogP contribution in [0.1, 0.15) is 25.7 Å². The van der Waals surface area contributed by atoms with Crippen molar-refractivity contribution in [3.05, 3.63) is 72.5 Å². The Kier molecular flexibility index (Phi) is 5.35. The molecule has 2 aromatic carbocycles. The largest absolute Gasteiger partial charge is 0.381 e. The molecular formula is C28H30N4O. The highest BCUT2D eigenvalue weighted by molar-refractivity contribution is 6.02. The maximum Gasteiger partial charge on any atom is 0.146 e. The number of hydrogen-bond donors (Lipinski definition) is 1. The number of hydrogen-bond acceptors (Lipinski definition) is 3. The van der Waals surface area contributed by atoms with E-state index in [1.165, 1.54) is 24.1 Å². The number of ether oxygens (including phenoxy) is 1.